The summed E-state index contributed by atoms with van der Waals surface area (Å²) in [5, 5.41) is 16.4. The number of nitrogens with one attached hydrogen (secondary N) is 1. The van der Waals surface area contributed by atoms with Gasteiger partial charge < -0.3 is 0 Å². The second-order valence-corrected chi connectivity index (χ2v) is 9.62. The zero-order chi connectivity index (χ0) is 16.9. The molecule has 2 aliphatic rings. The minimum atomic E-state index is -3.05. The molecule has 8 nitrogen and oxygen atoms in total. The highest BCUT2D eigenvalue weighted by atomic mass is 32.2. The molecular weight excluding hydrogens is 350 g/mol. The van der Waals surface area contributed by atoms with Gasteiger partial charge >= 0.3 is 0 Å². The molecule has 10 heteroatoms. The van der Waals surface area contributed by atoms with Crippen LogP contribution >= 0.6 is 11.3 Å². The number of anilines is 1. The van der Waals surface area contributed by atoms with Gasteiger partial charge in [0, 0.05) is 5.56 Å². The first kappa shape index (κ1) is 15.7. The molecule has 1 saturated heterocycles. The standard InChI is InChI=1S/C14H17N5O3S2/c1-8-16-17-14(23-8)15-13(20)12-10-3-2-4-11(10)18-19(12)9-5-6-24(21,22)7-9/h9H,2-7H2,1H3,(H,15,17,20)/t9-/m1/s1. The van der Waals surface area contributed by atoms with Gasteiger partial charge in [-0.05, 0) is 32.6 Å². The largest absolute Gasteiger partial charge is 0.295 e. The molecule has 0 aromatic carbocycles. The van der Waals surface area contributed by atoms with Crippen molar-refractivity contribution in [1.82, 2.24) is 20.0 Å². The number of aromatic nitrogens is 4. The van der Waals surface area contributed by atoms with Crippen LogP contribution < -0.4 is 5.32 Å². The Bertz CT molecular complexity index is 915. The molecule has 1 aliphatic carbocycles. The Balaban J connectivity index is 1.69. The molecule has 0 radical (unpaired) electrons. The van der Waals surface area contributed by atoms with Crippen molar-refractivity contribution in [1.29, 1.82) is 0 Å². The Morgan fingerprint density at radius 2 is 2.17 bits per heavy atom. The number of fused-ring (bicyclic) bond motifs is 1. The van der Waals surface area contributed by atoms with E-state index in [9.17, 15) is 13.2 Å². The van der Waals surface area contributed by atoms with E-state index in [0.29, 0.717) is 17.2 Å². The fourth-order valence-corrected chi connectivity index (χ4v) is 5.67. The Kier molecular flexibility index (Phi) is 3.68. The van der Waals surface area contributed by atoms with Crippen LogP contribution in [0.25, 0.3) is 0 Å². The Hall–Kier alpha value is -1.81. The third-order valence-electron chi connectivity index (χ3n) is 4.45. The second-order valence-electron chi connectivity index (χ2n) is 6.21. The van der Waals surface area contributed by atoms with E-state index in [2.05, 4.69) is 20.6 Å². The van der Waals surface area contributed by atoms with Crippen molar-refractivity contribution in [3.05, 3.63) is 22.0 Å². The summed E-state index contributed by atoms with van der Waals surface area (Å²) < 4.78 is 25.2. The molecule has 24 heavy (non-hydrogen) atoms. The molecule has 128 valence electrons. The summed E-state index contributed by atoms with van der Waals surface area (Å²) in [5.74, 6) is -0.0870. The van der Waals surface area contributed by atoms with E-state index in [1.807, 2.05) is 6.92 Å². The third kappa shape index (κ3) is 2.73. The van der Waals surface area contributed by atoms with Crippen LogP contribution in [-0.2, 0) is 22.7 Å². The first-order chi connectivity index (χ1) is 11.4. The zero-order valence-corrected chi connectivity index (χ0v) is 14.8. The SMILES string of the molecule is Cc1nnc(NC(=O)c2c3c(nn2[C@@H]2CCS(=O)(=O)C2)CCC3)s1. The van der Waals surface area contributed by atoms with Crippen molar-refractivity contribution in [3.63, 3.8) is 0 Å². The van der Waals surface area contributed by atoms with Gasteiger partial charge in [0.05, 0.1) is 23.2 Å². The van der Waals surface area contributed by atoms with Crippen molar-refractivity contribution in [2.45, 2.75) is 38.6 Å². The van der Waals surface area contributed by atoms with Crippen LogP contribution in [0.1, 0.15) is 45.6 Å². The van der Waals surface area contributed by atoms with Gasteiger partial charge in [-0.1, -0.05) is 11.3 Å². The molecule has 2 aromatic heterocycles. The number of hydrogen-bond acceptors (Lipinski definition) is 7. The molecule has 0 unspecified atom stereocenters. The van der Waals surface area contributed by atoms with Gasteiger partial charge in [-0.15, -0.1) is 10.2 Å². The van der Waals surface area contributed by atoms with E-state index >= 15 is 0 Å². The van der Waals surface area contributed by atoms with Crippen molar-refractivity contribution >= 4 is 32.2 Å². The van der Waals surface area contributed by atoms with Crippen LogP contribution in [0.2, 0.25) is 0 Å². The van der Waals surface area contributed by atoms with Crippen LogP contribution in [0.15, 0.2) is 0 Å². The van der Waals surface area contributed by atoms with Crippen LogP contribution in [0.3, 0.4) is 0 Å². The van der Waals surface area contributed by atoms with E-state index in [0.717, 1.165) is 35.5 Å². The molecule has 1 amide bonds. The minimum Gasteiger partial charge on any atom is -0.295 e. The third-order valence-corrected chi connectivity index (χ3v) is 6.95. The highest BCUT2D eigenvalue weighted by Gasteiger charge is 2.35. The monoisotopic (exact) mass is 367 g/mol. The molecule has 1 fully saturated rings. The molecule has 1 aliphatic heterocycles. The molecule has 1 atom stereocenters. The number of sulfone groups is 1. The highest BCUT2D eigenvalue weighted by molar-refractivity contribution is 7.91. The van der Waals surface area contributed by atoms with Crippen LogP contribution in [0, 0.1) is 6.92 Å². The number of aryl methyl sites for hydroxylation is 2. The maximum atomic E-state index is 12.8. The molecule has 0 saturated carbocycles. The molecule has 1 N–H and O–H groups in total. The van der Waals surface area contributed by atoms with Crippen molar-refractivity contribution < 1.29 is 13.2 Å². The number of amides is 1. The second kappa shape index (κ2) is 5.62. The van der Waals surface area contributed by atoms with E-state index < -0.39 is 9.84 Å². The summed E-state index contributed by atoms with van der Waals surface area (Å²) in [6.45, 7) is 1.82. The first-order valence-electron chi connectivity index (χ1n) is 7.85. The Morgan fingerprint density at radius 1 is 1.33 bits per heavy atom. The summed E-state index contributed by atoms with van der Waals surface area (Å²) >= 11 is 1.30. The van der Waals surface area contributed by atoms with Gasteiger partial charge in [-0.3, -0.25) is 14.8 Å². The summed E-state index contributed by atoms with van der Waals surface area (Å²) in [4.78, 5) is 12.8. The minimum absolute atomic E-state index is 0.0474. The maximum absolute atomic E-state index is 12.8. The topological polar surface area (TPSA) is 107 Å². The Morgan fingerprint density at radius 3 is 2.83 bits per heavy atom. The van der Waals surface area contributed by atoms with E-state index in [1.54, 1.807) is 4.68 Å². The number of carbonyl (C=O) groups is 1. The lowest BCUT2D eigenvalue weighted by Gasteiger charge is -2.13. The number of carbonyl (C=O) groups excluding carboxylic acids is 1. The van der Waals surface area contributed by atoms with Crippen LogP contribution in [0.5, 0.6) is 0 Å². The molecule has 4 rings (SSSR count). The number of hydrogen-bond donors (Lipinski definition) is 1. The summed E-state index contributed by atoms with van der Waals surface area (Å²) in [6.07, 6.45) is 3.10. The summed E-state index contributed by atoms with van der Waals surface area (Å²) in [5.41, 5.74) is 2.34. The molecule has 3 heterocycles. The van der Waals surface area contributed by atoms with Crippen LogP contribution in [0.4, 0.5) is 5.13 Å². The fourth-order valence-electron chi connectivity index (χ4n) is 3.39. The molecular formula is C14H17N5O3S2. The van der Waals surface area contributed by atoms with Gasteiger partial charge in [0.15, 0.2) is 9.84 Å². The van der Waals surface area contributed by atoms with Gasteiger partial charge in [0.1, 0.15) is 10.7 Å². The van der Waals surface area contributed by atoms with Gasteiger partial charge in [-0.25, -0.2) is 8.42 Å². The highest BCUT2D eigenvalue weighted by Crippen LogP contribution is 2.31. The quantitative estimate of drug-likeness (QED) is 0.872. The van der Waals surface area contributed by atoms with Gasteiger partial charge in [0.2, 0.25) is 5.13 Å². The number of rotatable bonds is 3. The normalized spacial score (nSPS) is 21.8. The summed E-state index contributed by atoms with van der Waals surface area (Å²) in [6, 6.07) is -0.266. The van der Waals surface area contributed by atoms with Crippen molar-refractivity contribution in [2.75, 3.05) is 16.8 Å². The zero-order valence-electron chi connectivity index (χ0n) is 13.2. The number of nitrogens with zero attached hydrogens (tertiary/aromatic N) is 4. The lowest BCUT2D eigenvalue weighted by Crippen LogP contribution is -2.23. The average Bonchev–Trinajstić information content (AvgIpc) is 3.22. The van der Waals surface area contributed by atoms with Crippen LogP contribution in [-0.4, -0.2) is 45.8 Å². The fraction of sp³-hybridized carbons (Fsp3) is 0.571. The van der Waals surface area contributed by atoms with E-state index in [1.165, 1.54) is 11.3 Å². The summed E-state index contributed by atoms with van der Waals surface area (Å²) in [7, 11) is -3.05. The lowest BCUT2D eigenvalue weighted by molar-refractivity contribution is 0.101. The van der Waals surface area contributed by atoms with E-state index in [4.69, 9.17) is 0 Å². The predicted octanol–water partition coefficient (Wildman–Crippen LogP) is 1.14. The molecule has 0 bridgehead atoms. The Labute approximate surface area is 143 Å². The van der Waals surface area contributed by atoms with Crippen molar-refractivity contribution in [2.24, 2.45) is 0 Å². The predicted molar refractivity (Wildman–Crippen MR) is 89.2 cm³/mol. The van der Waals surface area contributed by atoms with Gasteiger partial charge in [-0.2, -0.15) is 5.10 Å². The van der Waals surface area contributed by atoms with Crippen molar-refractivity contribution in [3.8, 4) is 0 Å². The molecule has 0 spiro atoms. The maximum Gasteiger partial charge on any atom is 0.276 e. The van der Waals surface area contributed by atoms with E-state index in [-0.39, 0.29) is 23.5 Å². The smallest absolute Gasteiger partial charge is 0.276 e. The average molecular weight is 367 g/mol. The van der Waals surface area contributed by atoms with Gasteiger partial charge in [0.25, 0.3) is 5.91 Å². The first-order valence-corrected chi connectivity index (χ1v) is 10.5. The lowest BCUT2D eigenvalue weighted by atomic mass is 10.1. The molecule has 2 aromatic rings.